The van der Waals surface area contributed by atoms with Crippen molar-refractivity contribution in [1.29, 1.82) is 0 Å². The van der Waals surface area contributed by atoms with Crippen molar-refractivity contribution < 1.29 is 9.59 Å². The van der Waals surface area contributed by atoms with Gasteiger partial charge in [-0.1, -0.05) is 65.7 Å². The van der Waals surface area contributed by atoms with Gasteiger partial charge in [0.1, 0.15) is 0 Å². The van der Waals surface area contributed by atoms with Crippen molar-refractivity contribution in [3.8, 4) is 0 Å². The zero-order valence-electron chi connectivity index (χ0n) is 14.0. The van der Waals surface area contributed by atoms with Crippen molar-refractivity contribution in [2.45, 2.75) is 0 Å². The van der Waals surface area contributed by atoms with Gasteiger partial charge >= 0.3 is 0 Å². The van der Waals surface area contributed by atoms with Gasteiger partial charge in [0.25, 0.3) is 5.91 Å². The van der Waals surface area contributed by atoms with Crippen molar-refractivity contribution in [3.63, 3.8) is 0 Å². The van der Waals surface area contributed by atoms with Crippen LogP contribution >= 0.6 is 23.2 Å². The van der Waals surface area contributed by atoms with Crippen LogP contribution in [0, 0.1) is 0 Å². The van der Waals surface area contributed by atoms with E-state index in [0.717, 1.165) is 10.8 Å². The molecule has 1 N–H and O–H groups in total. The van der Waals surface area contributed by atoms with Crippen LogP contribution in [0.1, 0.15) is 10.4 Å². The maximum Gasteiger partial charge on any atom is 0.254 e. The van der Waals surface area contributed by atoms with Gasteiger partial charge in [0.15, 0.2) is 0 Å². The molecule has 26 heavy (non-hydrogen) atoms. The second-order valence-corrected chi connectivity index (χ2v) is 6.65. The van der Waals surface area contributed by atoms with Crippen molar-refractivity contribution >= 4 is 51.5 Å². The molecule has 2 amide bonds. The van der Waals surface area contributed by atoms with Crippen LogP contribution in [0.5, 0.6) is 0 Å². The fourth-order valence-electron chi connectivity index (χ4n) is 2.70. The molecule has 3 aromatic rings. The third kappa shape index (κ3) is 3.82. The first-order chi connectivity index (χ1) is 12.5. The van der Waals surface area contributed by atoms with Gasteiger partial charge in [0, 0.05) is 12.6 Å². The highest BCUT2D eigenvalue weighted by Gasteiger charge is 2.18. The summed E-state index contributed by atoms with van der Waals surface area (Å²) in [6.45, 7) is -0.121. The van der Waals surface area contributed by atoms with Gasteiger partial charge < -0.3 is 10.2 Å². The van der Waals surface area contributed by atoms with E-state index in [-0.39, 0.29) is 18.4 Å². The molecule has 132 valence electrons. The Bertz CT molecular complexity index is 963. The van der Waals surface area contributed by atoms with Gasteiger partial charge in [-0.05, 0) is 29.0 Å². The first kappa shape index (κ1) is 18.2. The normalized spacial score (nSPS) is 10.6. The van der Waals surface area contributed by atoms with Crippen LogP contribution in [-0.2, 0) is 4.79 Å². The van der Waals surface area contributed by atoms with E-state index in [0.29, 0.717) is 21.3 Å². The lowest BCUT2D eigenvalue weighted by Crippen LogP contribution is -2.35. The summed E-state index contributed by atoms with van der Waals surface area (Å²) in [6.07, 6.45) is 0. The topological polar surface area (TPSA) is 49.4 Å². The molecular formula is C20H16Cl2N2O2. The van der Waals surface area contributed by atoms with Crippen molar-refractivity contribution in [2.75, 3.05) is 18.9 Å². The van der Waals surface area contributed by atoms with Gasteiger partial charge in [-0.2, -0.15) is 0 Å². The average Bonchev–Trinajstić information content (AvgIpc) is 2.63. The second-order valence-electron chi connectivity index (χ2n) is 5.83. The van der Waals surface area contributed by atoms with Gasteiger partial charge in [-0.3, -0.25) is 9.59 Å². The number of fused-ring (bicyclic) bond motifs is 1. The minimum atomic E-state index is -0.379. The summed E-state index contributed by atoms with van der Waals surface area (Å²) in [4.78, 5) is 26.4. The Hall–Kier alpha value is -2.56. The first-order valence-electron chi connectivity index (χ1n) is 7.94. The Kier molecular flexibility index (Phi) is 5.45. The molecular weight excluding hydrogens is 371 g/mol. The molecule has 6 heteroatoms. The summed E-state index contributed by atoms with van der Waals surface area (Å²) in [5, 5.41) is 5.16. The summed E-state index contributed by atoms with van der Waals surface area (Å²) in [6, 6.07) is 18.1. The number of nitrogens with one attached hydrogen (secondary N) is 1. The molecule has 0 bridgehead atoms. The van der Waals surface area contributed by atoms with Crippen molar-refractivity contribution in [1.82, 2.24) is 4.90 Å². The predicted molar refractivity (Wildman–Crippen MR) is 106 cm³/mol. The molecule has 0 aliphatic rings. The number of carbonyl (C=O) groups is 2. The van der Waals surface area contributed by atoms with E-state index < -0.39 is 0 Å². The highest BCUT2D eigenvalue weighted by Crippen LogP contribution is 2.29. The van der Waals surface area contributed by atoms with E-state index >= 15 is 0 Å². The lowest BCUT2D eigenvalue weighted by Gasteiger charge is -2.18. The number of likely N-dealkylation sites (N-methyl/N-ethyl adjacent to an activating group) is 1. The first-order valence-corrected chi connectivity index (χ1v) is 8.70. The lowest BCUT2D eigenvalue weighted by atomic mass is 10.0. The Balaban J connectivity index is 1.76. The molecule has 0 atom stereocenters. The molecule has 0 radical (unpaired) electrons. The summed E-state index contributed by atoms with van der Waals surface area (Å²) >= 11 is 12.1. The molecule has 4 nitrogen and oxygen atoms in total. The Morgan fingerprint density at radius 1 is 0.923 bits per heavy atom. The fourth-order valence-corrected chi connectivity index (χ4v) is 3.19. The molecule has 3 aromatic carbocycles. The Labute approximate surface area is 161 Å². The number of hydrogen-bond donors (Lipinski definition) is 1. The second kappa shape index (κ2) is 7.77. The minimum absolute atomic E-state index is 0.121. The number of nitrogens with zero attached hydrogens (tertiary/aromatic N) is 1. The van der Waals surface area contributed by atoms with Crippen LogP contribution in [0.4, 0.5) is 5.69 Å². The van der Waals surface area contributed by atoms with Gasteiger partial charge in [-0.15, -0.1) is 0 Å². The summed E-state index contributed by atoms with van der Waals surface area (Å²) < 4.78 is 0. The molecule has 0 aliphatic heterocycles. The van der Waals surface area contributed by atoms with Gasteiger partial charge in [-0.25, -0.2) is 0 Å². The highest BCUT2D eigenvalue weighted by molar-refractivity contribution is 6.39. The van der Waals surface area contributed by atoms with Crippen LogP contribution in [0.15, 0.2) is 60.7 Å². The van der Waals surface area contributed by atoms with E-state index in [1.807, 2.05) is 36.4 Å². The number of amides is 2. The molecule has 0 unspecified atom stereocenters. The third-order valence-corrected chi connectivity index (χ3v) is 4.60. The average molecular weight is 387 g/mol. The maximum atomic E-state index is 12.8. The molecule has 0 aliphatic carbocycles. The molecule has 0 aromatic heterocycles. The van der Waals surface area contributed by atoms with Crippen molar-refractivity contribution in [2.24, 2.45) is 0 Å². The van der Waals surface area contributed by atoms with E-state index in [1.165, 1.54) is 4.90 Å². The molecule has 0 saturated carbocycles. The molecule has 0 saturated heterocycles. The number of halogens is 2. The standard InChI is InChI=1S/C20H16Cl2N2O2/c1-24(12-18(25)23-19-16(21)10-5-11-17(19)22)20(26)15-9-4-7-13-6-2-3-8-14(13)15/h2-11H,12H2,1H3,(H,23,25). The predicted octanol–water partition coefficient (Wildman–Crippen LogP) is 4.86. The number of rotatable bonds is 4. The maximum absolute atomic E-state index is 12.8. The quantitative estimate of drug-likeness (QED) is 0.695. The Morgan fingerprint density at radius 3 is 2.27 bits per heavy atom. The van der Waals surface area contributed by atoms with Crippen LogP contribution in [0.25, 0.3) is 10.8 Å². The number of para-hydroxylation sites is 1. The van der Waals surface area contributed by atoms with Crippen LogP contribution in [0.2, 0.25) is 10.0 Å². The number of benzene rings is 3. The zero-order valence-corrected chi connectivity index (χ0v) is 15.5. The number of hydrogen-bond acceptors (Lipinski definition) is 2. The monoisotopic (exact) mass is 386 g/mol. The fraction of sp³-hybridized carbons (Fsp3) is 0.100. The SMILES string of the molecule is CN(CC(=O)Nc1c(Cl)cccc1Cl)C(=O)c1cccc2ccccc12. The van der Waals surface area contributed by atoms with Crippen LogP contribution < -0.4 is 5.32 Å². The lowest BCUT2D eigenvalue weighted by molar-refractivity contribution is -0.116. The minimum Gasteiger partial charge on any atom is -0.332 e. The van der Waals surface area contributed by atoms with Crippen LogP contribution in [-0.4, -0.2) is 30.3 Å². The molecule has 0 fully saturated rings. The Morgan fingerprint density at radius 2 is 1.54 bits per heavy atom. The zero-order chi connectivity index (χ0) is 18.7. The number of anilines is 1. The molecule has 3 rings (SSSR count). The van der Waals surface area contributed by atoms with E-state index in [4.69, 9.17) is 23.2 Å². The van der Waals surface area contributed by atoms with Crippen LogP contribution in [0.3, 0.4) is 0 Å². The molecule has 0 heterocycles. The smallest absolute Gasteiger partial charge is 0.254 e. The number of carbonyl (C=O) groups excluding carboxylic acids is 2. The highest BCUT2D eigenvalue weighted by atomic mass is 35.5. The van der Waals surface area contributed by atoms with E-state index in [9.17, 15) is 9.59 Å². The van der Waals surface area contributed by atoms with Gasteiger partial charge in [0.2, 0.25) is 5.91 Å². The van der Waals surface area contributed by atoms with E-state index in [2.05, 4.69) is 5.32 Å². The molecule has 0 spiro atoms. The summed E-state index contributed by atoms with van der Waals surface area (Å²) in [7, 11) is 1.58. The van der Waals surface area contributed by atoms with E-state index in [1.54, 1.807) is 31.3 Å². The van der Waals surface area contributed by atoms with Crippen molar-refractivity contribution in [3.05, 3.63) is 76.3 Å². The van der Waals surface area contributed by atoms with Gasteiger partial charge in [0.05, 0.1) is 22.3 Å². The summed E-state index contributed by atoms with van der Waals surface area (Å²) in [5.41, 5.74) is 0.890. The largest absolute Gasteiger partial charge is 0.332 e. The summed E-state index contributed by atoms with van der Waals surface area (Å²) in [5.74, 6) is -0.613. The third-order valence-electron chi connectivity index (χ3n) is 3.97.